The Morgan fingerprint density at radius 1 is 1.08 bits per heavy atom. The van der Waals surface area contributed by atoms with Crippen molar-refractivity contribution >= 4 is 22.4 Å². The maximum Gasteiger partial charge on any atom is 0.416 e. The minimum atomic E-state index is -4.39. The first-order valence-electron chi connectivity index (χ1n) is 11.8. The summed E-state index contributed by atoms with van der Waals surface area (Å²) in [7, 11) is 0. The third-order valence-electron chi connectivity index (χ3n) is 6.49. The summed E-state index contributed by atoms with van der Waals surface area (Å²) >= 11 is 0. The highest BCUT2D eigenvalue weighted by Crippen LogP contribution is 2.32. The Bertz CT molecular complexity index is 1370. The molecule has 2 aromatic carbocycles. The maximum absolute atomic E-state index is 13.0. The molecule has 6 nitrogen and oxygen atoms in total. The van der Waals surface area contributed by atoms with Crippen molar-refractivity contribution in [2.24, 2.45) is 5.92 Å². The van der Waals surface area contributed by atoms with E-state index in [9.17, 15) is 18.3 Å². The third-order valence-corrected chi connectivity index (χ3v) is 6.49. The van der Waals surface area contributed by atoms with E-state index in [1.807, 2.05) is 37.3 Å². The number of pyridine rings is 1. The van der Waals surface area contributed by atoms with Crippen molar-refractivity contribution in [2.45, 2.75) is 26.1 Å². The van der Waals surface area contributed by atoms with Crippen LogP contribution in [0.15, 0.2) is 60.8 Å². The van der Waals surface area contributed by atoms with Crippen LogP contribution in [-0.2, 0) is 12.7 Å². The summed E-state index contributed by atoms with van der Waals surface area (Å²) in [5.74, 6) is 1.37. The van der Waals surface area contributed by atoms with E-state index in [0.29, 0.717) is 23.9 Å². The fraction of sp³-hybridized carbons (Fsp3) is 0.296. The molecule has 3 heterocycles. The molecule has 1 aliphatic heterocycles. The Morgan fingerprint density at radius 2 is 1.89 bits per heavy atom. The van der Waals surface area contributed by atoms with Crippen LogP contribution in [0.3, 0.4) is 0 Å². The molecule has 0 amide bonds. The molecule has 1 atom stereocenters. The zero-order valence-corrected chi connectivity index (χ0v) is 19.8. The number of aliphatic hydroxyl groups excluding tert-OH is 1. The Hall–Kier alpha value is -3.56. The third kappa shape index (κ3) is 5.17. The van der Waals surface area contributed by atoms with E-state index in [1.165, 1.54) is 12.1 Å². The first-order chi connectivity index (χ1) is 17.3. The molecule has 5 rings (SSSR count). The van der Waals surface area contributed by atoms with Gasteiger partial charge in [0.05, 0.1) is 23.3 Å². The second-order valence-corrected chi connectivity index (χ2v) is 9.16. The molecule has 0 aliphatic carbocycles. The highest BCUT2D eigenvalue weighted by molar-refractivity contribution is 5.93. The zero-order chi connectivity index (χ0) is 25.3. The monoisotopic (exact) mass is 493 g/mol. The van der Waals surface area contributed by atoms with Crippen LogP contribution in [0, 0.1) is 12.8 Å². The number of aliphatic hydroxyl groups is 1. The molecule has 9 heteroatoms. The van der Waals surface area contributed by atoms with E-state index in [1.54, 1.807) is 6.20 Å². The van der Waals surface area contributed by atoms with Crippen molar-refractivity contribution in [3.05, 3.63) is 77.7 Å². The van der Waals surface area contributed by atoms with Crippen LogP contribution >= 0.6 is 0 Å². The molecule has 2 aromatic heterocycles. The van der Waals surface area contributed by atoms with Crippen LogP contribution in [0.5, 0.6) is 0 Å². The van der Waals surface area contributed by atoms with Crippen molar-refractivity contribution in [3.8, 4) is 11.3 Å². The highest BCUT2D eigenvalue weighted by atomic mass is 19.4. The van der Waals surface area contributed by atoms with Gasteiger partial charge in [0.2, 0.25) is 0 Å². The Kier molecular flexibility index (Phi) is 6.59. The van der Waals surface area contributed by atoms with Crippen molar-refractivity contribution in [1.29, 1.82) is 0 Å². The normalized spacial score (nSPS) is 16.5. The van der Waals surface area contributed by atoms with Crippen LogP contribution in [0.2, 0.25) is 0 Å². The van der Waals surface area contributed by atoms with Gasteiger partial charge in [-0.2, -0.15) is 13.2 Å². The van der Waals surface area contributed by atoms with Gasteiger partial charge in [-0.25, -0.2) is 9.97 Å². The van der Waals surface area contributed by atoms with Gasteiger partial charge in [-0.3, -0.25) is 9.88 Å². The summed E-state index contributed by atoms with van der Waals surface area (Å²) in [6.07, 6.45) is -1.72. The van der Waals surface area contributed by atoms with Gasteiger partial charge in [0.15, 0.2) is 0 Å². The Balaban J connectivity index is 1.53. The van der Waals surface area contributed by atoms with Crippen molar-refractivity contribution in [3.63, 3.8) is 0 Å². The van der Waals surface area contributed by atoms with Gasteiger partial charge in [-0.15, -0.1) is 0 Å². The average Bonchev–Trinajstić information content (AvgIpc) is 3.31. The number of nitrogens with zero attached hydrogens (tertiary/aromatic N) is 4. The summed E-state index contributed by atoms with van der Waals surface area (Å²) in [5, 5.41) is 13.4. The number of alkyl halides is 3. The van der Waals surface area contributed by atoms with Gasteiger partial charge >= 0.3 is 6.18 Å². The lowest BCUT2D eigenvalue weighted by atomic mass is 10.0. The predicted molar refractivity (Wildman–Crippen MR) is 133 cm³/mol. The van der Waals surface area contributed by atoms with Crippen molar-refractivity contribution < 1.29 is 18.3 Å². The second kappa shape index (κ2) is 9.83. The zero-order valence-electron chi connectivity index (χ0n) is 19.8. The minimum absolute atomic E-state index is 0.155. The molecular formula is C27H26F3N5O. The fourth-order valence-corrected chi connectivity index (χ4v) is 4.56. The molecule has 0 unspecified atom stereocenters. The largest absolute Gasteiger partial charge is 0.416 e. The number of aromatic nitrogens is 3. The van der Waals surface area contributed by atoms with Crippen LogP contribution < -0.4 is 5.32 Å². The highest BCUT2D eigenvalue weighted by Gasteiger charge is 2.30. The van der Waals surface area contributed by atoms with Crippen molar-refractivity contribution in [2.75, 3.05) is 25.0 Å². The van der Waals surface area contributed by atoms with E-state index in [0.717, 1.165) is 59.4 Å². The molecule has 0 saturated carbocycles. The van der Waals surface area contributed by atoms with E-state index in [-0.39, 0.29) is 12.5 Å². The first-order valence-corrected chi connectivity index (χ1v) is 11.8. The van der Waals surface area contributed by atoms with E-state index >= 15 is 0 Å². The van der Waals surface area contributed by atoms with E-state index < -0.39 is 11.7 Å². The summed E-state index contributed by atoms with van der Waals surface area (Å²) in [6, 6.07) is 14.6. The molecule has 1 fully saturated rings. The van der Waals surface area contributed by atoms with Crippen molar-refractivity contribution in [1.82, 2.24) is 19.9 Å². The SMILES string of the molecule is Cc1cccnc1-c1ccc2c(Nc3ccc(C(F)(F)F)cc3)nc(CN3CC[C@@H](CO)C3)nc2c1. The Morgan fingerprint density at radius 3 is 2.58 bits per heavy atom. The lowest BCUT2D eigenvalue weighted by Gasteiger charge is -2.17. The summed E-state index contributed by atoms with van der Waals surface area (Å²) < 4.78 is 39.0. The number of benzene rings is 2. The van der Waals surface area contributed by atoms with Crippen LogP contribution in [0.25, 0.3) is 22.2 Å². The summed E-state index contributed by atoms with van der Waals surface area (Å²) in [4.78, 5) is 16.3. The molecule has 186 valence electrons. The second-order valence-electron chi connectivity index (χ2n) is 9.16. The number of aryl methyl sites for hydroxylation is 1. The number of nitrogens with one attached hydrogen (secondary N) is 1. The molecule has 4 aromatic rings. The van der Waals surface area contributed by atoms with Gasteiger partial charge in [0, 0.05) is 36.0 Å². The van der Waals surface area contributed by atoms with Crippen LogP contribution in [-0.4, -0.2) is 44.7 Å². The molecular weight excluding hydrogens is 467 g/mol. The van der Waals surface area contributed by atoms with Gasteiger partial charge in [0.1, 0.15) is 11.6 Å². The number of hydrogen-bond acceptors (Lipinski definition) is 6. The predicted octanol–water partition coefficient (Wildman–Crippen LogP) is 5.58. The average molecular weight is 494 g/mol. The molecule has 0 radical (unpaired) electrons. The van der Waals surface area contributed by atoms with Crippen LogP contribution in [0.1, 0.15) is 23.4 Å². The lowest BCUT2D eigenvalue weighted by Crippen LogP contribution is -2.22. The molecule has 1 saturated heterocycles. The van der Waals surface area contributed by atoms with Gasteiger partial charge in [-0.05, 0) is 73.8 Å². The Labute approximate surface area is 206 Å². The minimum Gasteiger partial charge on any atom is -0.396 e. The quantitative estimate of drug-likeness (QED) is 0.366. The topological polar surface area (TPSA) is 74.2 Å². The molecule has 2 N–H and O–H groups in total. The van der Waals surface area contributed by atoms with Gasteiger partial charge < -0.3 is 10.4 Å². The number of likely N-dealkylation sites (tertiary alicyclic amines) is 1. The summed E-state index contributed by atoms with van der Waals surface area (Å²) in [6.45, 7) is 4.29. The maximum atomic E-state index is 13.0. The molecule has 1 aliphatic rings. The number of halogens is 3. The molecule has 0 bridgehead atoms. The smallest absolute Gasteiger partial charge is 0.396 e. The fourth-order valence-electron chi connectivity index (χ4n) is 4.56. The molecule has 0 spiro atoms. The number of hydrogen-bond donors (Lipinski definition) is 2. The van der Waals surface area contributed by atoms with E-state index in [2.05, 4.69) is 15.2 Å². The first kappa shape index (κ1) is 24.1. The molecule has 36 heavy (non-hydrogen) atoms. The number of rotatable bonds is 6. The van der Waals surface area contributed by atoms with E-state index in [4.69, 9.17) is 9.97 Å². The van der Waals surface area contributed by atoms with Crippen LogP contribution in [0.4, 0.5) is 24.7 Å². The van der Waals surface area contributed by atoms with Gasteiger partial charge in [-0.1, -0.05) is 12.1 Å². The van der Waals surface area contributed by atoms with Gasteiger partial charge in [0.25, 0.3) is 0 Å². The lowest BCUT2D eigenvalue weighted by molar-refractivity contribution is -0.137. The summed E-state index contributed by atoms with van der Waals surface area (Å²) in [5.41, 5.74) is 3.34. The standard InChI is InChI=1S/C27H26F3N5O/c1-17-3-2-11-31-25(17)19-4-9-22-23(13-19)33-24(15-35-12-10-18(14-35)16-36)34-26(22)32-21-7-5-20(6-8-21)27(28,29)30/h2-9,11,13,18,36H,10,12,14-16H2,1H3,(H,32,33,34)/t18-/m1/s1. The number of fused-ring (bicyclic) bond motifs is 1. The number of anilines is 2.